The third-order valence-electron chi connectivity index (χ3n) is 0. The first kappa shape index (κ1) is 962. The number of hydrogen-bond acceptors (Lipinski definition) is 0. The van der Waals surface area contributed by atoms with Gasteiger partial charge in [0.25, 0.3) is 0 Å². The normalized spacial score (nSPS) is 0. The van der Waals surface area contributed by atoms with E-state index in [0.717, 1.165) is 0 Å². The van der Waals surface area contributed by atoms with Gasteiger partial charge in [-0.25, -0.2) is 0 Å². The summed E-state index contributed by atoms with van der Waals surface area (Å²) in [7, 11) is 0. The minimum absolute atomic E-state index is 0. The van der Waals surface area contributed by atoms with Crippen molar-refractivity contribution in [2.75, 3.05) is 0 Å². The summed E-state index contributed by atoms with van der Waals surface area (Å²) in [5.41, 5.74) is 0. The van der Waals surface area contributed by atoms with Crippen molar-refractivity contribution in [1.82, 2.24) is 0 Å². The molecule has 0 saturated carbocycles. The molecule has 0 spiro atoms. The minimum Gasteiger partial charge on any atom is -0.269 e. The van der Waals surface area contributed by atoms with Crippen LogP contribution in [0, 0.1) is 2260 Å². The van der Waals surface area contributed by atoms with Crippen LogP contribution in [0.2, 0.25) is 0 Å². The maximum atomic E-state index is 0. The molecule has 100 heavy (non-hydrogen) atoms. The molecule has 0 rings (SSSR count). The van der Waals surface area contributed by atoms with E-state index in [2.05, 4.69) is 0 Å². The molecule has 0 heterocycles. The first-order valence-electron chi connectivity index (χ1n) is 0. The third-order valence-corrected chi connectivity index (χ3v) is 0. The van der Waals surface area contributed by atoms with Crippen LogP contribution in [0.15, 0.2) is 0 Å². The largest absolute Gasteiger partial charge is 0.269 e. The fourth-order valence-electron chi connectivity index (χ4n) is 0. The van der Waals surface area contributed by atoms with Gasteiger partial charge in [0.05, 0.1) is 0 Å². The molecule has 0 bridgehead atoms. The summed E-state index contributed by atoms with van der Waals surface area (Å²) < 4.78 is 0. The molecule has 0 aromatic heterocycles. The van der Waals surface area contributed by atoms with Gasteiger partial charge in [-0.1, -0.05) is 0 Å². The predicted octanol–water partition coefficient (Wildman–Crippen LogP) is 6.10. The van der Waals surface area contributed by atoms with Crippen LogP contribution in [-0.2, 0) is 0 Å². The predicted molar refractivity (Wildman–Crippen MR) is 100 cm³/mol. The van der Waals surface area contributed by atoms with Crippen LogP contribution in [0.5, 0.6) is 0 Å². The van der Waals surface area contributed by atoms with Crippen molar-refractivity contribution in [3.05, 3.63) is 0 Å². The Morgan fingerprint density at radius 3 is 0.0200 bits per heavy atom. The van der Waals surface area contributed by atoms with E-state index < -0.39 is 0 Å². The van der Waals surface area contributed by atoms with Crippen LogP contribution in [-0.4, -0.2) is 0 Å². The molecular weight excluding hydrogens is 3160 g/mol. The summed E-state index contributed by atoms with van der Waals surface area (Å²) in [6, 6.07) is 0. The van der Waals surface area contributed by atoms with Gasteiger partial charge in [0.15, 0.2) is 0 Å². The molecule has 800 valence electrons. The van der Waals surface area contributed by atoms with E-state index in [9.17, 15) is 0 Å². The van der Waals surface area contributed by atoms with Gasteiger partial charge in [0.2, 0.25) is 0 Å². The Bertz CT molecular complexity index is 97.1. The smallest absolute Gasteiger partial charge is 0 e. The molecule has 0 saturated heterocycles. The first-order valence-corrected chi connectivity index (χ1v) is 0. The van der Waals surface area contributed by atoms with Crippen LogP contribution < -0.4 is 0 Å². The van der Waals surface area contributed by atoms with Crippen molar-refractivity contribution in [2.24, 2.45) is 0 Å². The Hall–Kier alpha value is 72.8. The summed E-state index contributed by atoms with van der Waals surface area (Å²) >= 11 is 0. The Morgan fingerprint density at radius 2 is 0.0200 bits per heavy atom. The minimum atomic E-state index is 0. The number of rotatable bonds is 0. The van der Waals surface area contributed by atoms with Gasteiger partial charge in [-0.3, -0.25) is 188 Å². The molecule has 0 aliphatic rings. The van der Waals surface area contributed by atoms with E-state index >= 15 is 0 Å². The molecule has 0 aliphatic heterocycles. The molecule has 0 atom stereocenters. The van der Waals surface area contributed by atoms with Gasteiger partial charge in [0.1, 0.15) is 0 Å². The second kappa shape index (κ2) is 946. The van der Waals surface area contributed by atoms with Gasteiger partial charge >= 0.3 is 0 Å². The molecule has 0 aromatic rings. The fourth-order valence-corrected chi connectivity index (χ4v) is 0. The van der Waals surface area contributed by atoms with E-state index in [1.807, 2.05) is 0 Å². The molecule has 0 unspecified atom stereocenters. The maximum absolute atomic E-state index is 0. The molecule has 0 radical (unpaired) electrons. The van der Waals surface area contributed by atoms with Gasteiger partial charge < -0.3 is 0 Å². The summed E-state index contributed by atoms with van der Waals surface area (Å²) in [5, 5.41) is 0. The van der Waals surface area contributed by atoms with Crippen molar-refractivity contribution in [3.63, 3.8) is 0 Å². The monoisotopic (exact) mass is 3200 g/mol. The van der Waals surface area contributed by atoms with Gasteiger partial charge in [-0.15, -0.1) is 0 Å². The van der Waals surface area contributed by atoms with Crippen molar-refractivity contribution < 1.29 is 2450 Å². The quantitative estimate of drug-likeness (QED) is 0.258. The van der Waals surface area contributed by atoms with E-state index in [0.29, 0.717) is 0 Å². The Balaban J connectivity index is 0. The summed E-state index contributed by atoms with van der Waals surface area (Å²) in [6.07, 6.45) is 0. The Kier molecular flexibility index (Phi) is 9100. The van der Waals surface area contributed by atoms with Crippen molar-refractivity contribution in [2.45, 2.75) is 0 Å². The fraction of sp³-hybridized carbons (Fsp3) is 0. The molecule has 0 amide bonds. The van der Waals surface area contributed by atoms with Crippen molar-refractivity contribution in [1.29, 1.82) is 0 Å². The summed E-state index contributed by atoms with van der Waals surface area (Å²) in [4.78, 5) is 0. The average Bonchev–Trinajstić information content (AvgIpc) is 0. The second-order valence-electron chi connectivity index (χ2n) is 0. The van der Waals surface area contributed by atoms with Crippen LogP contribution in [0.25, 0.3) is 0 Å². The summed E-state index contributed by atoms with van der Waals surface area (Å²) in [6.45, 7) is 0. The second-order valence-corrected chi connectivity index (χ2v) is 0. The van der Waals surface area contributed by atoms with Gasteiger partial charge in [-0.05, 0) is 0 Å². The van der Waals surface area contributed by atoms with Crippen LogP contribution in [0.1, 0.15) is 0 Å². The van der Waals surface area contributed by atoms with Gasteiger partial charge in [-0.2, -0.15) is 0 Å². The molecule has 0 nitrogen and oxygen atoms in total. The Labute approximate surface area is 2360 Å². The van der Waals surface area contributed by atoms with Crippen molar-refractivity contribution >= 4 is 0 Å². The zero-order valence-corrected chi connectivity index (χ0v) is 80.0. The van der Waals surface area contributed by atoms with Crippen LogP contribution in [0.4, 0.5) is 188 Å². The molecular formula is H40Ar60F40. The Morgan fingerprint density at radius 1 is 0.0200 bits per heavy atom. The zero-order chi connectivity index (χ0) is 0. The van der Waals surface area contributed by atoms with Crippen LogP contribution >= 0.6 is 0 Å². The zero-order valence-electron chi connectivity index (χ0n) is 37.5. The van der Waals surface area contributed by atoms with Gasteiger partial charge in [0, 0.05) is 2260 Å². The standard InChI is InChI=1S/60Ar.40FH/h;;;;;;;;;;;;;;;;;;;;;;;;;;;;;;;;;;;;;;;;;;;;;;;;;;;;;;;;;;;;40*1H. The molecule has 0 aliphatic carbocycles. The van der Waals surface area contributed by atoms with E-state index in [1.165, 1.54) is 0 Å². The SMILES string of the molecule is F.F.F.F.F.F.F.F.F.F.F.F.F.F.F.F.F.F.F.F.F.F.F.F.F.F.F.F.F.F.F.F.F.F.F.F.F.F.F.F.[Ar].[Ar].[Ar].[Ar].[Ar].[Ar].[Ar].[Ar].[Ar].[Ar].[Ar].[Ar].[Ar].[Ar].[Ar].[Ar].[Ar].[Ar].[Ar].[Ar].[Ar].[Ar].[Ar].[Ar].[Ar].[Ar].[Ar].[Ar].[Ar].[Ar].[Ar].[Ar].[Ar].[Ar].[Ar].[Ar].[Ar].[Ar].[Ar].[Ar].[Ar].[Ar].[Ar].[Ar].[Ar].[Ar].[Ar].[Ar].[Ar].[Ar].[Ar].[Ar].[Ar].[Ar].[Ar].[Ar].[Ar].[Ar].[Ar].[Ar]. The first-order chi connectivity index (χ1) is 0. The number of hydrogen-bond donors (Lipinski definition) is 0. The maximum Gasteiger partial charge on any atom is 0 e. The molecule has 0 N–H and O–H groups in total. The third kappa shape index (κ3) is 929. The topological polar surface area (TPSA) is 0 Å². The molecule has 100 heteroatoms. The van der Waals surface area contributed by atoms with Crippen molar-refractivity contribution in [3.8, 4) is 0 Å². The number of halogens is 40. The van der Waals surface area contributed by atoms with E-state index in [-0.39, 0.29) is 2450 Å². The van der Waals surface area contributed by atoms with Crippen LogP contribution in [0.3, 0.4) is 0 Å². The molecule has 0 fully saturated rings. The average molecular weight is 3200 g/mol. The van der Waals surface area contributed by atoms with E-state index in [1.54, 1.807) is 0 Å². The summed E-state index contributed by atoms with van der Waals surface area (Å²) in [5.74, 6) is 0. The van der Waals surface area contributed by atoms with E-state index in [4.69, 9.17) is 0 Å². The molecule has 0 aromatic carbocycles.